The molecule has 1 atom stereocenters. The van der Waals surface area contributed by atoms with Crippen molar-refractivity contribution in [2.24, 2.45) is 5.92 Å². The van der Waals surface area contributed by atoms with Gasteiger partial charge in [0.05, 0.1) is 12.5 Å². The Morgan fingerprint density at radius 1 is 1.33 bits per heavy atom. The molecular formula is C16H24O5. The number of carbonyl (C=O) groups is 2. The lowest BCUT2D eigenvalue weighted by Crippen LogP contribution is -2.40. The molecular weight excluding hydrogens is 272 g/mol. The Morgan fingerprint density at radius 2 is 2.00 bits per heavy atom. The Balaban J connectivity index is 1.95. The van der Waals surface area contributed by atoms with Crippen molar-refractivity contribution in [3.63, 3.8) is 0 Å². The van der Waals surface area contributed by atoms with Crippen LogP contribution >= 0.6 is 0 Å². The van der Waals surface area contributed by atoms with Gasteiger partial charge in [-0.25, -0.2) is 4.79 Å². The van der Waals surface area contributed by atoms with E-state index in [0.29, 0.717) is 12.0 Å². The highest BCUT2D eigenvalue weighted by Gasteiger charge is 2.45. The van der Waals surface area contributed by atoms with Gasteiger partial charge in [0.25, 0.3) is 0 Å². The highest BCUT2D eigenvalue weighted by atomic mass is 16.6. The molecule has 0 radical (unpaired) electrons. The van der Waals surface area contributed by atoms with Gasteiger partial charge in [0.1, 0.15) is 6.61 Å². The first-order valence-corrected chi connectivity index (χ1v) is 7.64. The lowest BCUT2D eigenvalue weighted by atomic mass is 9.89. The topological polar surface area (TPSA) is 72.8 Å². The van der Waals surface area contributed by atoms with Gasteiger partial charge in [-0.3, -0.25) is 4.79 Å². The first-order valence-electron chi connectivity index (χ1n) is 7.64. The van der Waals surface area contributed by atoms with Crippen LogP contribution in [0.1, 0.15) is 52.4 Å². The van der Waals surface area contributed by atoms with Gasteiger partial charge in [0, 0.05) is 12.0 Å². The second-order valence-electron chi connectivity index (χ2n) is 6.33. The number of aliphatic hydroxyl groups is 1. The summed E-state index contributed by atoms with van der Waals surface area (Å²) in [6.07, 6.45) is 5.31. The number of rotatable bonds is 4. The normalized spacial score (nSPS) is 26.6. The largest absolute Gasteiger partial charge is 0.461 e. The van der Waals surface area contributed by atoms with Gasteiger partial charge in [-0.05, 0) is 26.7 Å². The van der Waals surface area contributed by atoms with E-state index in [1.165, 1.54) is 6.42 Å². The van der Waals surface area contributed by atoms with Crippen molar-refractivity contribution in [1.29, 1.82) is 0 Å². The fraction of sp³-hybridized carbons (Fsp3) is 0.750. The first kappa shape index (κ1) is 16.0. The molecule has 1 aliphatic heterocycles. The smallest absolute Gasteiger partial charge is 0.334 e. The zero-order valence-corrected chi connectivity index (χ0v) is 12.8. The van der Waals surface area contributed by atoms with E-state index in [1.54, 1.807) is 0 Å². The van der Waals surface area contributed by atoms with Crippen molar-refractivity contribution in [2.45, 2.75) is 58.0 Å². The van der Waals surface area contributed by atoms with Gasteiger partial charge in [0.2, 0.25) is 0 Å². The van der Waals surface area contributed by atoms with Crippen LogP contribution in [0.3, 0.4) is 0 Å². The Bertz CT molecular complexity index is 444. The fourth-order valence-corrected chi connectivity index (χ4v) is 2.94. The lowest BCUT2D eigenvalue weighted by Gasteiger charge is -2.26. The molecule has 1 saturated carbocycles. The molecule has 0 bridgehead atoms. The Labute approximate surface area is 125 Å². The van der Waals surface area contributed by atoms with E-state index in [9.17, 15) is 14.7 Å². The summed E-state index contributed by atoms with van der Waals surface area (Å²) < 4.78 is 10.6. The molecule has 21 heavy (non-hydrogen) atoms. The highest BCUT2D eigenvalue weighted by Crippen LogP contribution is 2.33. The van der Waals surface area contributed by atoms with Crippen LogP contribution in [0.5, 0.6) is 0 Å². The van der Waals surface area contributed by atoms with Crippen LogP contribution < -0.4 is 0 Å². The van der Waals surface area contributed by atoms with E-state index in [-0.39, 0.29) is 25.1 Å². The molecule has 2 aliphatic rings. The maximum Gasteiger partial charge on any atom is 0.334 e. The Kier molecular flexibility index (Phi) is 5.04. The average Bonchev–Trinajstić information content (AvgIpc) is 2.84. The summed E-state index contributed by atoms with van der Waals surface area (Å²) in [6.45, 7) is 3.25. The van der Waals surface area contributed by atoms with Crippen molar-refractivity contribution in [3.05, 3.63) is 11.1 Å². The number of cyclic esters (lactones) is 1. The molecule has 0 aromatic carbocycles. The van der Waals surface area contributed by atoms with E-state index < -0.39 is 11.6 Å². The van der Waals surface area contributed by atoms with E-state index in [0.717, 1.165) is 31.3 Å². The van der Waals surface area contributed by atoms with Crippen molar-refractivity contribution in [1.82, 2.24) is 0 Å². The summed E-state index contributed by atoms with van der Waals surface area (Å²) in [6, 6.07) is 0. The summed E-state index contributed by atoms with van der Waals surface area (Å²) >= 11 is 0. The molecule has 118 valence electrons. The van der Waals surface area contributed by atoms with E-state index >= 15 is 0 Å². The van der Waals surface area contributed by atoms with Crippen molar-refractivity contribution >= 4 is 11.9 Å². The molecule has 0 spiro atoms. The number of hydrogen-bond donors (Lipinski definition) is 1. The highest BCUT2D eigenvalue weighted by molar-refractivity contribution is 5.92. The molecule has 1 aliphatic carbocycles. The number of allylic oxidation sites excluding steroid dienone is 1. The number of hydrogen-bond acceptors (Lipinski definition) is 5. The van der Waals surface area contributed by atoms with Crippen LogP contribution in [0.25, 0.3) is 0 Å². The third kappa shape index (κ3) is 3.64. The van der Waals surface area contributed by atoms with Gasteiger partial charge < -0.3 is 14.6 Å². The van der Waals surface area contributed by atoms with Crippen molar-refractivity contribution in [2.75, 3.05) is 13.2 Å². The van der Waals surface area contributed by atoms with Crippen LogP contribution in [-0.2, 0) is 19.1 Å². The van der Waals surface area contributed by atoms with Gasteiger partial charge in [0.15, 0.2) is 5.60 Å². The zero-order valence-electron chi connectivity index (χ0n) is 12.8. The summed E-state index contributed by atoms with van der Waals surface area (Å²) in [5.41, 5.74) is 0.334. The summed E-state index contributed by atoms with van der Waals surface area (Å²) in [4.78, 5) is 23.9. The molecule has 0 aromatic heterocycles. The summed E-state index contributed by atoms with van der Waals surface area (Å²) in [7, 11) is 0. The van der Waals surface area contributed by atoms with Crippen LogP contribution in [0.4, 0.5) is 0 Å². The lowest BCUT2D eigenvalue weighted by molar-refractivity contribution is -0.169. The van der Waals surface area contributed by atoms with E-state index in [4.69, 9.17) is 9.47 Å². The predicted octanol–water partition coefficient (Wildman–Crippen LogP) is 2.12. The van der Waals surface area contributed by atoms with Crippen LogP contribution in [0, 0.1) is 5.92 Å². The summed E-state index contributed by atoms with van der Waals surface area (Å²) in [5, 5.41) is 9.57. The molecule has 1 saturated heterocycles. The Morgan fingerprint density at radius 3 is 2.52 bits per heavy atom. The molecule has 0 amide bonds. The standard InChI is InChI=1S/C16H24O5/c1-11(2)13-8-16(9-17,21-15(13)19)10-20-14(18)12-6-4-3-5-7-12/h12,17H,3-10H2,1-2H3. The van der Waals surface area contributed by atoms with Gasteiger partial charge in [-0.2, -0.15) is 0 Å². The molecule has 2 rings (SSSR count). The molecule has 5 nitrogen and oxygen atoms in total. The van der Waals surface area contributed by atoms with Gasteiger partial charge in [-0.15, -0.1) is 0 Å². The van der Waals surface area contributed by atoms with Gasteiger partial charge in [-0.1, -0.05) is 24.8 Å². The van der Waals surface area contributed by atoms with E-state index in [1.807, 2.05) is 13.8 Å². The monoisotopic (exact) mass is 296 g/mol. The number of aliphatic hydroxyl groups excluding tert-OH is 1. The molecule has 2 fully saturated rings. The number of esters is 2. The minimum Gasteiger partial charge on any atom is -0.461 e. The Hall–Kier alpha value is -1.36. The number of ether oxygens (including phenoxy) is 2. The minimum atomic E-state index is -1.10. The maximum absolute atomic E-state index is 12.1. The van der Waals surface area contributed by atoms with Crippen LogP contribution in [-0.4, -0.2) is 35.9 Å². The average molecular weight is 296 g/mol. The van der Waals surface area contributed by atoms with E-state index in [2.05, 4.69) is 0 Å². The SMILES string of the molecule is CC(C)=C1CC(CO)(COC(=O)C2CCCCC2)OC1=O. The maximum atomic E-state index is 12.1. The van der Waals surface area contributed by atoms with Crippen molar-refractivity contribution in [3.8, 4) is 0 Å². The predicted molar refractivity (Wildman–Crippen MR) is 76.4 cm³/mol. The van der Waals surface area contributed by atoms with Gasteiger partial charge >= 0.3 is 11.9 Å². The second kappa shape index (κ2) is 6.60. The number of carbonyl (C=O) groups excluding carboxylic acids is 2. The van der Waals surface area contributed by atoms with Crippen LogP contribution in [0.15, 0.2) is 11.1 Å². The third-order valence-electron chi connectivity index (χ3n) is 4.36. The first-order chi connectivity index (χ1) is 9.97. The quantitative estimate of drug-likeness (QED) is 0.635. The fourth-order valence-electron chi connectivity index (χ4n) is 2.94. The summed E-state index contributed by atoms with van der Waals surface area (Å²) in [5.74, 6) is -0.698. The molecule has 0 aromatic rings. The third-order valence-corrected chi connectivity index (χ3v) is 4.36. The molecule has 1 unspecified atom stereocenters. The second-order valence-corrected chi connectivity index (χ2v) is 6.33. The molecule has 5 heteroatoms. The zero-order chi connectivity index (χ0) is 15.5. The van der Waals surface area contributed by atoms with Crippen LogP contribution in [0.2, 0.25) is 0 Å². The molecule has 1 N–H and O–H groups in total. The van der Waals surface area contributed by atoms with Crippen molar-refractivity contribution < 1.29 is 24.2 Å². The minimum absolute atomic E-state index is 0.0467. The molecule has 1 heterocycles.